The molecule has 4 aromatic rings. The van der Waals surface area contributed by atoms with Crippen molar-refractivity contribution in [1.29, 1.82) is 0 Å². The molecule has 3 heterocycles. The molecule has 1 N–H and O–H groups in total. The first-order valence-electron chi connectivity index (χ1n) is 10.3. The van der Waals surface area contributed by atoms with E-state index in [0.717, 1.165) is 23.2 Å². The van der Waals surface area contributed by atoms with Crippen molar-refractivity contribution >= 4 is 22.4 Å². The van der Waals surface area contributed by atoms with Crippen molar-refractivity contribution in [3.05, 3.63) is 65.6 Å². The Bertz CT molecular complexity index is 1120. The van der Waals surface area contributed by atoms with E-state index in [0.29, 0.717) is 23.3 Å². The molecule has 1 aromatic carbocycles. The SMILES string of the molecule is CCCCc1ccc(-c2csc(NC(=O)CCc3nc(-c4cccnc4)no3)n2)cc1. The molecule has 4 rings (SSSR count). The van der Waals surface area contributed by atoms with E-state index < -0.39 is 0 Å². The lowest BCUT2D eigenvalue weighted by Crippen LogP contribution is -2.12. The summed E-state index contributed by atoms with van der Waals surface area (Å²) in [6.45, 7) is 2.20. The Morgan fingerprint density at radius 2 is 1.97 bits per heavy atom. The summed E-state index contributed by atoms with van der Waals surface area (Å²) in [6.07, 6.45) is 7.42. The summed E-state index contributed by atoms with van der Waals surface area (Å²) < 4.78 is 5.23. The van der Waals surface area contributed by atoms with Gasteiger partial charge in [-0.05, 0) is 30.5 Å². The number of carbonyl (C=O) groups excluding carboxylic acids is 1. The summed E-state index contributed by atoms with van der Waals surface area (Å²) in [5.74, 6) is 0.739. The van der Waals surface area contributed by atoms with E-state index in [2.05, 4.69) is 56.6 Å². The van der Waals surface area contributed by atoms with Gasteiger partial charge in [-0.1, -0.05) is 42.8 Å². The first kappa shape index (κ1) is 20.9. The van der Waals surface area contributed by atoms with Crippen LogP contribution < -0.4 is 5.32 Å². The van der Waals surface area contributed by atoms with Gasteiger partial charge in [0.05, 0.1) is 5.69 Å². The van der Waals surface area contributed by atoms with Crippen molar-refractivity contribution in [2.75, 3.05) is 5.32 Å². The lowest BCUT2D eigenvalue weighted by Gasteiger charge is -2.02. The van der Waals surface area contributed by atoms with E-state index in [-0.39, 0.29) is 12.3 Å². The van der Waals surface area contributed by atoms with E-state index in [4.69, 9.17) is 4.52 Å². The van der Waals surface area contributed by atoms with Crippen molar-refractivity contribution in [2.24, 2.45) is 0 Å². The second kappa shape index (κ2) is 10.1. The van der Waals surface area contributed by atoms with Gasteiger partial charge in [0.1, 0.15) is 0 Å². The number of nitrogens with one attached hydrogen (secondary N) is 1. The second-order valence-corrected chi connectivity index (χ2v) is 8.00. The number of pyridine rings is 1. The maximum atomic E-state index is 12.3. The van der Waals surface area contributed by atoms with Gasteiger partial charge in [-0.3, -0.25) is 9.78 Å². The summed E-state index contributed by atoms with van der Waals surface area (Å²) in [5, 5.41) is 9.32. The van der Waals surface area contributed by atoms with Crippen LogP contribution in [0, 0.1) is 0 Å². The smallest absolute Gasteiger partial charge is 0.227 e. The highest BCUT2D eigenvalue weighted by atomic mass is 32.1. The summed E-state index contributed by atoms with van der Waals surface area (Å²) in [6, 6.07) is 12.1. The summed E-state index contributed by atoms with van der Waals surface area (Å²) in [4.78, 5) is 25.2. The molecule has 7 nitrogen and oxygen atoms in total. The van der Waals surface area contributed by atoms with Crippen LogP contribution in [0.1, 0.15) is 37.6 Å². The first-order chi connectivity index (χ1) is 15.2. The van der Waals surface area contributed by atoms with Crippen LogP contribution in [0.25, 0.3) is 22.6 Å². The van der Waals surface area contributed by atoms with E-state index in [9.17, 15) is 4.79 Å². The standard InChI is InChI=1S/C23H23N5O2S/c1-2-3-5-16-7-9-17(10-8-16)19-15-31-23(25-19)26-20(29)11-12-21-27-22(28-30-21)18-6-4-13-24-14-18/h4,6-10,13-15H,2-3,5,11-12H2,1H3,(H,25,26,29). The number of rotatable bonds is 9. The molecule has 0 radical (unpaired) electrons. The number of hydrogen-bond acceptors (Lipinski definition) is 7. The van der Waals surface area contributed by atoms with E-state index >= 15 is 0 Å². The minimum absolute atomic E-state index is 0.142. The Labute approximate surface area is 184 Å². The molecule has 8 heteroatoms. The van der Waals surface area contributed by atoms with Gasteiger partial charge >= 0.3 is 0 Å². The molecular weight excluding hydrogens is 410 g/mol. The van der Waals surface area contributed by atoms with Crippen LogP contribution in [0.2, 0.25) is 0 Å². The topological polar surface area (TPSA) is 93.8 Å². The highest BCUT2D eigenvalue weighted by molar-refractivity contribution is 7.14. The van der Waals surface area contributed by atoms with E-state index in [1.165, 1.54) is 29.7 Å². The quantitative estimate of drug-likeness (QED) is 0.391. The number of anilines is 1. The fourth-order valence-electron chi connectivity index (χ4n) is 3.06. The van der Waals surface area contributed by atoms with Gasteiger partial charge < -0.3 is 9.84 Å². The lowest BCUT2D eigenvalue weighted by molar-refractivity contribution is -0.116. The largest absolute Gasteiger partial charge is 0.339 e. The molecule has 0 atom stereocenters. The van der Waals surface area contributed by atoms with Crippen molar-refractivity contribution in [3.8, 4) is 22.6 Å². The van der Waals surface area contributed by atoms with Crippen LogP contribution in [0.5, 0.6) is 0 Å². The molecule has 3 aromatic heterocycles. The molecule has 0 fully saturated rings. The number of benzene rings is 1. The van der Waals surface area contributed by atoms with Crippen molar-refractivity contribution in [3.63, 3.8) is 0 Å². The van der Waals surface area contributed by atoms with Gasteiger partial charge in [-0.2, -0.15) is 4.98 Å². The third-order valence-electron chi connectivity index (χ3n) is 4.77. The summed E-state index contributed by atoms with van der Waals surface area (Å²) in [7, 11) is 0. The molecule has 0 aliphatic rings. The lowest BCUT2D eigenvalue weighted by atomic mass is 10.1. The maximum absolute atomic E-state index is 12.3. The van der Waals surface area contributed by atoms with E-state index in [1.54, 1.807) is 12.4 Å². The van der Waals surface area contributed by atoms with Gasteiger partial charge in [-0.15, -0.1) is 11.3 Å². The predicted molar refractivity (Wildman–Crippen MR) is 121 cm³/mol. The highest BCUT2D eigenvalue weighted by Gasteiger charge is 2.12. The van der Waals surface area contributed by atoms with Gasteiger partial charge in [0.2, 0.25) is 17.6 Å². The highest BCUT2D eigenvalue weighted by Crippen LogP contribution is 2.25. The number of unbranched alkanes of at least 4 members (excludes halogenated alkanes) is 1. The average Bonchev–Trinajstić information content (AvgIpc) is 3.47. The third-order valence-corrected chi connectivity index (χ3v) is 5.53. The zero-order chi connectivity index (χ0) is 21.5. The molecule has 0 saturated carbocycles. The van der Waals surface area contributed by atoms with Gasteiger partial charge in [-0.25, -0.2) is 4.98 Å². The Kier molecular flexibility index (Phi) is 6.78. The molecule has 0 bridgehead atoms. The normalized spacial score (nSPS) is 10.9. The van der Waals surface area contributed by atoms with Crippen molar-refractivity contribution in [1.82, 2.24) is 20.1 Å². The van der Waals surface area contributed by atoms with Crippen molar-refractivity contribution in [2.45, 2.75) is 39.0 Å². The molecule has 1 amide bonds. The van der Waals surface area contributed by atoms with Crippen LogP contribution in [0.3, 0.4) is 0 Å². The number of thiazole rings is 1. The minimum atomic E-state index is -0.142. The number of nitrogens with zero attached hydrogens (tertiary/aromatic N) is 4. The molecule has 0 aliphatic carbocycles. The van der Waals surface area contributed by atoms with Gasteiger partial charge in [0, 0.05) is 41.7 Å². The minimum Gasteiger partial charge on any atom is -0.339 e. The molecule has 158 valence electrons. The Morgan fingerprint density at radius 3 is 2.74 bits per heavy atom. The number of aryl methyl sites for hydroxylation is 2. The zero-order valence-corrected chi connectivity index (χ0v) is 18.1. The number of aromatic nitrogens is 4. The van der Waals surface area contributed by atoms with Crippen LogP contribution in [0.15, 0.2) is 58.7 Å². The summed E-state index contributed by atoms with van der Waals surface area (Å²) in [5.41, 5.74) is 4.02. The molecule has 0 aliphatic heterocycles. The molecular formula is C23H23N5O2S. The zero-order valence-electron chi connectivity index (χ0n) is 17.2. The fourth-order valence-corrected chi connectivity index (χ4v) is 3.79. The molecule has 0 saturated heterocycles. The van der Waals surface area contributed by atoms with Crippen LogP contribution in [-0.4, -0.2) is 26.0 Å². The maximum Gasteiger partial charge on any atom is 0.227 e. The second-order valence-electron chi connectivity index (χ2n) is 7.14. The van der Waals surface area contributed by atoms with Crippen LogP contribution >= 0.6 is 11.3 Å². The number of amides is 1. The molecule has 31 heavy (non-hydrogen) atoms. The van der Waals surface area contributed by atoms with Crippen molar-refractivity contribution < 1.29 is 9.32 Å². The van der Waals surface area contributed by atoms with Crippen LogP contribution in [-0.2, 0) is 17.6 Å². The Morgan fingerprint density at radius 1 is 1.10 bits per heavy atom. The summed E-state index contributed by atoms with van der Waals surface area (Å²) >= 11 is 1.41. The number of carbonyl (C=O) groups is 1. The number of hydrogen-bond donors (Lipinski definition) is 1. The monoisotopic (exact) mass is 433 g/mol. The van der Waals surface area contributed by atoms with Gasteiger partial charge in [0.15, 0.2) is 5.13 Å². The third kappa shape index (κ3) is 5.61. The van der Waals surface area contributed by atoms with Crippen LogP contribution in [0.4, 0.5) is 5.13 Å². The fraction of sp³-hybridized carbons (Fsp3) is 0.261. The molecule has 0 unspecified atom stereocenters. The van der Waals surface area contributed by atoms with Gasteiger partial charge in [0.25, 0.3) is 0 Å². The Balaban J connectivity index is 1.30. The predicted octanol–water partition coefficient (Wildman–Crippen LogP) is 5.17. The Hall–Kier alpha value is -3.39. The first-order valence-corrected chi connectivity index (χ1v) is 11.2. The molecule has 0 spiro atoms. The average molecular weight is 434 g/mol. The van der Waals surface area contributed by atoms with E-state index in [1.807, 2.05) is 17.5 Å².